The third-order valence-electron chi connectivity index (χ3n) is 3.96. The largest absolute Gasteiger partial charge is 0.497 e. The number of aromatic nitrogens is 1. The Bertz CT molecular complexity index is 942. The molecule has 3 aromatic rings. The van der Waals surface area contributed by atoms with Crippen LogP contribution in [-0.4, -0.2) is 25.1 Å². The molecule has 0 bridgehead atoms. The van der Waals surface area contributed by atoms with Gasteiger partial charge in [0.2, 0.25) is 5.91 Å². The topological polar surface area (TPSA) is 60.5 Å². The first-order valence-corrected chi connectivity index (χ1v) is 9.19. The minimum atomic E-state index is -0.373. The van der Waals surface area contributed by atoms with Crippen LogP contribution in [0.3, 0.4) is 0 Å². The molecule has 7 heteroatoms. The van der Waals surface area contributed by atoms with Crippen LogP contribution < -0.4 is 14.8 Å². The number of hydrogen-bond acceptors (Lipinski definition) is 5. The number of methoxy groups -OCH3 is 2. The maximum atomic E-state index is 13.5. The lowest BCUT2D eigenvalue weighted by molar-refractivity contribution is -0.116. The van der Waals surface area contributed by atoms with Crippen molar-refractivity contribution < 1.29 is 18.7 Å². The van der Waals surface area contributed by atoms with Crippen molar-refractivity contribution in [3.8, 4) is 22.8 Å². The third-order valence-corrected chi connectivity index (χ3v) is 4.72. The molecule has 1 heterocycles. The van der Waals surface area contributed by atoms with Gasteiger partial charge in [-0.15, -0.1) is 11.3 Å². The minimum absolute atomic E-state index is 0.134. The minimum Gasteiger partial charge on any atom is -0.497 e. The molecule has 0 saturated heterocycles. The number of amides is 1. The SMILES string of the molecule is COc1cccc(CCC(=O)Nc2nc(-c3cc(F)ccc3OC)cs2)c1. The van der Waals surface area contributed by atoms with Crippen molar-refractivity contribution >= 4 is 22.4 Å². The molecule has 0 aliphatic heterocycles. The summed E-state index contributed by atoms with van der Waals surface area (Å²) in [5.41, 5.74) is 2.12. The standard InChI is InChI=1S/C20H19FN2O3S/c1-25-15-5-3-4-13(10-15)6-9-19(24)23-20-22-17(12-27-20)16-11-14(21)7-8-18(16)26-2/h3-5,7-8,10-12H,6,9H2,1-2H3,(H,22,23,24). The molecule has 1 amide bonds. The maximum Gasteiger partial charge on any atom is 0.226 e. The summed E-state index contributed by atoms with van der Waals surface area (Å²) < 4.78 is 24.0. The lowest BCUT2D eigenvalue weighted by Gasteiger charge is -2.06. The zero-order chi connectivity index (χ0) is 19.2. The van der Waals surface area contributed by atoms with Crippen LogP contribution in [0.4, 0.5) is 9.52 Å². The highest BCUT2D eigenvalue weighted by Gasteiger charge is 2.13. The molecule has 27 heavy (non-hydrogen) atoms. The first-order chi connectivity index (χ1) is 13.1. The van der Waals surface area contributed by atoms with E-state index < -0.39 is 0 Å². The van der Waals surface area contributed by atoms with Crippen molar-refractivity contribution in [1.82, 2.24) is 4.98 Å². The predicted octanol–water partition coefficient (Wildman–Crippen LogP) is 4.54. The number of nitrogens with one attached hydrogen (secondary N) is 1. The molecular formula is C20H19FN2O3S. The summed E-state index contributed by atoms with van der Waals surface area (Å²) in [4.78, 5) is 16.6. The second-order valence-corrected chi connectivity index (χ2v) is 6.64. The van der Waals surface area contributed by atoms with E-state index in [0.717, 1.165) is 11.3 Å². The summed E-state index contributed by atoms with van der Waals surface area (Å²) in [6.07, 6.45) is 0.921. The number of carbonyl (C=O) groups excluding carboxylic acids is 1. The quantitative estimate of drug-likeness (QED) is 0.648. The van der Waals surface area contributed by atoms with E-state index in [4.69, 9.17) is 9.47 Å². The zero-order valence-electron chi connectivity index (χ0n) is 15.0. The van der Waals surface area contributed by atoms with Crippen LogP contribution in [-0.2, 0) is 11.2 Å². The fourth-order valence-corrected chi connectivity index (χ4v) is 3.33. The highest BCUT2D eigenvalue weighted by atomic mass is 32.1. The van der Waals surface area contributed by atoms with Gasteiger partial charge in [-0.3, -0.25) is 4.79 Å². The van der Waals surface area contributed by atoms with Gasteiger partial charge in [0.25, 0.3) is 0 Å². The summed E-state index contributed by atoms with van der Waals surface area (Å²) in [6.45, 7) is 0. The smallest absolute Gasteiger partial charge is 0.226 e. The van der Waals surface area contributed by atoms with Gasteiger partial charge in [0, 0.05) is 17.4 Å². The molecule has 1 aromatic heterocycles. The van der Waals surface area contributed by atoms with Gasteiger partial charge in [-0.05, 0) is 42.3 Å². The molecular weight excluding hydrogens is 367 g/mol. The van der Waals surface area contributed by atoms with Gasteiger partial charge in [-0.2, -0.15) is 0 Å². The first kappa shape index (κ1) is 18.8. The number of hydrogen-bond donors (Lipinski definition) is 1. The second-order valence-electron chi connectivity index (χ2n) is 5.78. The number of nitrogens with zero attached hydrogens (tertiary/aromatic N) is 1. The number of anilines is 1. The fourth-order valence-electron chi connectivity index (χ4n) is 2.60. The Balaban J connectivity index is 1.63. The number of thiazole rings is 1. The van der Waals surface area contributed by atoms with E-state index in [9.17, 15) is 9.18 Å². The Kier molecular flexibility index (Phi) is 6.03. The number of benzene rings is 2. The fraction of sp³-hybridized carbons (Fsp3) is 0.200. The molecule has 0 unspecified atom stereocenters. The molecule has 0 spiro atoms. The van der Waals surface area contributed by atoms with Crippen LogP contribution in [0.5, 0.6) is 11.5 Å². The molecule has 2 aromatic carbocycles. The molecule has 5 nitrogen and oxygen atoms in total. The van der Waals surface area contributed by atoms with Gasteiger partial charge in [-0.1, -0.05) is 12.1 Å². The third kappa shape index (κ3) is 4.83. The Morgan fingerprint density at radius 2 is 2.04 bits per heavy atom. The molecule has 0 radical (unpaired) electrons. The van der Waals surface area contributed by atoms with Crippen LogP contribution in [0.1, 0.15) is 12.0 Å². The van der Waals surface area contributed by atoms with Crippen molar-refractivity contribution in [1.29, 1.82) is 0 Å². The summed E-state index contributed by atoms with van der Waals surface area (Å²) in [7, 11) is 3.13. The van der Waals surface area contributed by atoms with E-state index >= 15 is 0 Å². The van der Waals surface area contributed by atoms with Gasteiger partial charge in [0.15, 0.2) is 5.13 Å². The van der Waals surface area contributed by atoms with Crippen molar-refractivity contribution in [2.45, 2.75) is 12.8 Å². The summed E-state index contributed by atoms with van der Waals surface area (Å²) in [6, 6.07) is 11.9. The molecule has 0 atom stereocenters. The first-order valence-electron chi connectivity index (χ1n) is 8.31. The maximum absolute atomic E-state index is 13.5. The van der Waals surface area contributed by atoms with Crippen LogP contribution in [0.15, 0.2) is 47.8 Å². The van der Waals surface area contributed by atoms with E-state index in [2.05, 4.69) is 10.3 Å². The lowest BCUT2D eigenvalue weighted by atomic mass is 10.1. The van der Waals surface area contributed by atoms with Crippen molar-refractivity contribution in [2.24, 2.45) is 0 Å². The van der Waals surface area contributed by atoms with Gasteiger partial charge < -0.3 is 14.8 Å². The highest BCUT2D eigenvalue weighted by Crippen LogP contribution is 2.32. The molecule has 140 valence electrons. The average Bonchev–Trinajstić information content (AvgIpc) is 3.14. The van der Waals surface area contributed by atoms with Gasteiger partial charge in [0.05, 0.1) is 19.9 Å². The highest BCUT2D eigenvalue weighted by molar-refractivity contribution is 7.14. The number of ether oxygens (including phenoxy) is 2. The van der Waals surface area contributed by atoms with Crippen molar-refractivity contribution in [2.75, 3.05) is 19.5 Å². The summed E-state index contributed by atoms with van der Waals surface area (Å²) in [5, 5.41) is 5.01. The summed E-state index contributed by atoms with van der Waals surface area (Å²) in [5.74, 6) is 0.784. The van der Waals surface area contributed by atoms with Crippen LogP contribution in [0.2, 0.25) is 0 Å². The van der Waals surface area contributed by atoms with Crippen molar-refractivity contribution in [3.63, 3.8) is 0 Å². The van der Waals surface area contributed by atoms with E-state index in [1.54, 1.807) is 18.6 Å². The normalized spacial score (nSPS) is 10.5. The number of halogens is 1. The monoisotopic (exact) mass is 386 g/mol. The Hall–Kier alpha value is -2.93. The van der Waals surface area contributed by atoms with Crippen LogP contribution >= 0.6 is 11.3 Å². The predicted molar refractivity (Wildman–Crippen MR) is 104 cm³/mol. The lowest BCUT2D eigenvalue weighted by Crippen LogP contribution is -2.12. The molecule has 1 N–H and O–H groups in total. The van der Waals surface area contributed by atoms with Gasteiger partial charge in [-0.25, -0.2) is 9.37 Å². The van der Waals surface area contributed by atoms with Gasteiger partial charge in [0.1, 0.15) is 17.3 Å². The Morgan fingerprint density at radius 1 is 1.19 bits per heavy atom. The Labute approximate surface area is 160 Å². The van der Waals surface area contributed by atoms with E-state index in [-0.39, 0.29) is 11.7 Å². The molecule has 3 rings (SSSR count). The molecule has 0 saturated carbocycles. The second kappa shape index (κ2) is 8.64. The van der Waals surface area contributed by atoms with E-state index in [0.29, 0.717) is 35.0 Å². The van der Waals surface area contributed by atoms with Crippen molar-refractivity contribution in [3.05, 3.63) is 59.2 Å². The average molecular weight is 386 g/mol. The number of aryl methyl sites for hydroxylation is 1. The van der Waals surface area contributed by atoms with Crippen LogP contribution in [0.25, 0.3) is 11.3 Å². The van der Waals surface area contributed by atoms with Gasteiger partial charge >= 0.3 is 0 Å². The van der Waals surface area contributed by atoms with E-state index in [1.165, 1.54) is 30.6 Å². The van der Waals surface area contributed by atoms with E-state index in [1.807, 2.05) is 24.3 Å². The summed E-state index contributed by atoms with van der Waals surface area (Å²) >= 11 is 1.28. The zero-order valence-corrected chi connectivity index (χ0v) is 15.8. The number of carbonyl (C=O) groups is 1. The molecule has 0 fully saturated rings. The Morgan fingerprint density at radius 3 is 2.81 bits per heavy atom. The molecule has 0 aliphatic rings. The number of rotatable bonds is 7. The van der Waals surface area contributed by atoms with Crippen LogP contribution in [0, 0.1) is 5.82 Å². The molecule has 0 aliphatic carbocycles.